The fourth-order valence-corrected chi connectivity index (χ4v) is 1.80. The first-order chi connectivity index (χ1) is 7.54. The standard InChI is InChI=1S/C9H11F5O2S/c1-3-17-7(16)6(4-5(2)15)8(10,11)9(12,13)14/h6H,3-4H2,1-2H3/t6-/m0/s1. The average molecular weight is 278 g/mol. The van der Waals surface area contributed by atoms with Crippen molar-refractivity contribution < 1.29 is 31.5 Å². The Morgan fingerprint density at radius 1 is 1.18 bits per heavy atom. The second-order valence-electron chi connectivity index (χ2n) is 3.33. The molecular formula is C9H11F5O2S. The number of carbonyl (C=O) groups excluding carboxylic acids is 2. The molecule has 17 heavy (non-hydrogen) atoms. The van der Waals surface area contributed by atoms with Crippen molar-refractivity contribution in [3.05, 3.63) is 0 Å². The van der Waals surface area contributed by atoms with Crippen LogP contribution in [0.25, 0.3) is 0 Å². The van der Waals surface area contributed by atoms with Crippen molar-refractivity contribution in [2.24, 2.45) is 5.92 Å². The summed E-state index contributed by atoms with van der Waals surface area (Å²) in [4.78, 5) is 21.9. The third-order valence-electron chi connectivity index (χ3n) is 1.88. The maximum atomic E-state index is 13.0. The van der Waals surface area contributed by atoms with Gasteiger partial charge in [0.05, 0.1) is 0 Å². The lowest BCUT2D eigenvalue weighted by molar-refractivity contribution is -0.297. The van der Waals surface area contributed by atoms with E-state index in [9.17, 15) is 31.5 Å². The highest BCUT2D eigenvalue weighted by Gasteiger charge is 2.64. The van der Waals surface area contributed by atoms with Crippen molar-refractivity contribution in [2.75, 3.05) is 5.75 Å². The topological polar surface area (TPSA) is 34.1 Å². The van der Waals surface area contributed by atoms with E-state index in [0.717, 1.165) is 6.92 Å². The summed E-state index contributed by atoms with van der Waals surface area (Å²) in [5.74, 6) is -8.65. The second kappa shape index (κ2) is 5.79. The number of hydrogen-bond donors (Lipinski definition) is 0. The van der Waals surface area contributed by atoms with Crippen molar-refractivity contribution in [3.8, 4) is 0 Å². The van der Waals surface area contributed by atoms with E-state index in [4.69, 9.17) is 0 Å². The summed E-state index contributed by atoms with van der Waals surface area (Å²) in [7, 11) is 0. The number of halogens is 5. The van der Waals surface area contributed by atoms with Gasteiger partial charge in [0.1, 0.15) is 11.7 Å². The first-order valence-corrected chi connectivity index (χ1v) is 5.63. The number of carbonyl (C=O) groups is 2. The molecule has 0 saturated heterocycles. The number of ketones is 1. The van der Waals surface area contributed by atoms with Crippen LogP contribution in [-0.4, -0.2) is 28.8 Å². The molecule has 0 aliphatic heterocycles. The molecular weight excluding hydrogens is 267 g/mol. The zero-order chi connectivity index (χ0) is 13.9. The van der Waals surface area contributed by atoms with Crippen molar-refractivity contribution in [2.45, 2.75) is 32.4 Å². The Morgan fingerprint density at radius 2 is 1.65 bits per heavy atom. The Balaban J connectivity index is 5.17. The zero-order valence-corrected chi connectivity index (χ0v) is 9.92. The number of rotatable bonds is 5. The van der Waals surface area contributed by atoms with Crippen LogP contribution >= 0.6 is 11.8 Å². The number of alkyl halides is 5. The van der Waals surface area contributed by atoms with Crippen molar-refractivity contribution in [1.82, 2.24) is 0 Å². The quantitative estimate of drug-likeness (QED) is 0.725. The van der Waals surface area contributed by atoms with E-state index in [0.29, 0.717) is 11.8 Å². The van der Waals surface area contributed by atoms with Gasteiger partial charge in [-0.3, -0.25) is 9.59 Å². The summed E-state index contributed by atoms with van der Waals surface area (Å²) >= 11 is 0.353. The van der Waals surface area contributed by atoms with E-state index in [-0.39, 0.29) is 5.75 Å². The molecule has 0 amide bonds. The van der Waals surface area contributed by atoms with Gasteiger partial charge in [0, 0.05) is 6.42 Å². The molecule has 0 N–H and O–H groups in total. The SMILES string of the molecule is CCSC(=O)[C@H](CC(C)=O)C(F)(F)C(F)(F)F. The maximum Gasteiger partial charge on any atom is 0.454 e. The van der Waals surface area contributed by atoms with Crippen LogP contribution in [0.15, 0.2) is 0 Å². The van der Waals surface area contributed by atoms with Gasteiger partial charge in [0.2, 0.25) is 0 Å². The molecule has 0 spiro atoms. The number of thioether (sulfide) groups is 1. The number of hydrogen-bond acceptors (Lipinski definition) is 3. The van der Waals surface area contributed by atoms with Crippen LogP contribution < -0.4 is 0 Å². The first-order valence-electron chi connectivity index (χ1n) is 4.64. The second-order valence-corrected chi connectivity index (χ2v) is 4.60. The average Bonchev–Trinajstić information content (AvgIpc) is 2.12. The highest BCUT2D eigenvalue weighted by atomic mass is 32.2. The maximum absolute atomic E-state index is 13.0. The van der Waals surface area contributed by atoms with Crippen LogP contribution in [0, 0.1) is 5.92 Å². The molecule has 100 valence electrons. The van der Waals surface area contributed by atoms with Crippen molar-refractivity contribution >= 4 is 22.7 Å². The van der Waals surface area contributed by atoms with E-state index in [1.807, 2.05) is 0 Å². The zero-order valence-electron chi connectivity index (χ0n) is 9.11. The van der Waals surface area contributed by atoms with E-state index in [1.165, 1.54) is 6.92 Å². The molecule has 0 fully saturated rings. The van der Waals surface area contributed by atoms with Crippen LogP contribution in [0.3, 0.4) is 0 Å². The van der Waals surface area contributed by atoms with Gasteiger partial charge in [-0.2, -0.15) is 22.0 Å². The van der Waals surface area contributed by atoms with Gasteiger partial charge in [0.25, 0.3) is 0 Å². The summed E-state index contributed by atoms with van der Waals surface area (Å²) in [6, 6.07) is 0. The van der Waals surface area contributed by atoms with Gasteiger partial charge >= 0.3 is 12.1 Å². The predicted molar refractivity (Wildman–Crippen MR) is 52.9 cm³/mol. The summed E-state index contributed by atoms with van der Waals surface area (Å²) in [5, 5.41) is -1.31. The molecule has 0 aromatic heterocycles. The van der Waals surface area contributed by atoms with Gasteiger partial charge in [-0.1, -0.05) is 18.7 Å². The van der Waals surface area contributed by atoms with Crippen LogP contribution in [0.1, 0.15) is 20.3 Å². The molecule has 0 heterocycles. The minimum Gasteiger partial charge on any atom is -0.300 e. The fraction of sp³-hybridized carbons (Fsp3) is 0.778. The highest BCUT2D eigenvalue weighted by molar-refractivity contribution is 8.13. The van der Waals surface area contributed by atoms with Crippen LogP contribution in [0.4, 0.5) is 22.0 Å². The lowest BCUT2D eigenvalue weighted by Crippen LogP contribution is -2.47. The molecule has 0 unspecified atom stereocenters. The highest BCUT2D eigenvalue weighted by Crippen LogP contribution is 2.44. The monoisotopic (exact) mass is 278 g/mol. The van der Waals surface area contributed by atoms with Gasteiger partial charge in [0.15, 0.2) is 5.12 Å². The smallest absolute Gasteiger partial charge is 0.300 e. The Morgan fingerprint density at radius 3 is 1.94 bits per heavy atom. The largest absolute Gasteiger partial charge is 0.454 e. The van der Waals surface area contributed by atoms with E-state index < -0.39 is 35.3 Å². The summed E-state index contributed by atoms with van der Waals surface area (Å²) < 4.78 is 62.4. The molecule has 0 aromatic rings. The van der Waals surface area contributed by atoms with Gasteiger partial charge in [-0.05, 0) is 12.7 Å². The molecule has 0 rings (SSSR count). The molecule has 2 nitrogen and oxygen atoms in total. The van der Waals surface area contributed by atoms with Crippen molar-refractivity contribution in [1.29, 1.82) is 0 Å². The molecule has 0 aliphatic rings. The van der Waals surface area contributed by atoms with Gasteiger partial charge in [-0.25, -0.2) is 0 Å². The molecule has 0 aromatic carbocycles. The van der Waals surface area contributed by atoms with E-state index in [1.54, 1.807) is 0 Å². The molecule has 1 atom stereocenters. The fourth-order valence-electron chi connectivity index (χ4n) is 1.09. The van der Waals surface area contributed by atoms with E-state index in [2.05, 4.69) is 0 Å². The molecule has 8 heteroatoms. The third-order valence-corrected chi connectivity index (χ3v) is 2.74. The Hall–Kier alpha value is -0.660. The normalized spacial score (nSPS) is 14.5. The van der Waals surface area contributed by atoms with Crippen LogP contribution in [0.5, 0.6) is 0 Å². The molecule has 0 aliphatic carbocycles. The summed E-state index contributed by atoms with van der Waals surface area (Å²) in [5.41, 5.74) is 0. The first kappa shape index (κ1) is 16.3. The molecule has 0 bridgehead atoms. The van der Waals surface area contributed by atoms with Gasteiger partial charge < -0.3 is 0 Å². The Kier molecular flexibility index (Phi) is 5.57. The van der Waals surface area contributed by atoms with Crippen LogP contribution in [0.2, 0.25) is 0 Å². The predicted octanol–water partition coefficient (Wildman–Crippen LogP) is 3.06. The molecule has 0 saturated carbocycles. The number of Topliss-reactive ketones (excluding diaryl/α,β-unsaturated/α-hetero) is 1. The van der Waals surface area contributed by atoms with Crippen LogP contribution in [-0.2, 0) is 9.59 Å². The Labute approximate surface area is 98.9 Å². The molecule has 0 radical (unpaired) electrons. The van der Waals surface area contributed by atoms with Crippen molar-refractivity contribution in [3.63, 3.8) is 0 Å². The summed E-state index contributed by atoms with van der Waals surface area (Å²) in [6.07, 6.45) is -6.95. The minimum atomic E-state index is -5.84. The van der Waals surface area contributed by atoms with E-state index >= 15 is 0 Å². The lowest BCUT2D eigenvalue weighted by Gasteiger charge is -2.26. The minimum absolute atomic E-state index is 0.0706. The third kappa shape index (κ3) is 4.25. The lowest BCUT2D eigenvalue weighted by atomic mass is 9.96. The van der Waals surface area contributed by atoms with Gasteiger partial charge in [-0.15, -0.1) is 0 Å². The Bertz CT molecular complexity index is 300. The summed E-state index contributed by atoms with van der Waals surface area (Å²) in [6.45, 7) is 2.31.